The summed E-state index contributed by atoms with van der Waals surface area (Å²) in [4.78, 5) is 6.10. The molecule has 1 atom stereocenters. The van der Waals surface area contributed by atoms with Crippen molar-refractivity contribution in [3.05, 3.63) is 52.8 Å². The first-order valence-corrected chi connectivity index (χ1v) is 9.35. The molecule has 8 nitrogen and oxygen atoms in total. The van der Waals surface area contributed by atoms with Crippen molar-refractivity contribution < 1.29 is 14.4 Å². The van der Waals surface area contributed by atoms with E-state index in [1.165, 1.54) is 0 Å². The molecule has 1 aliphatic heterocycles. The summed E-state index contributed by atoms with van der Waals surface area (Å²) in [5, 5.41) is 21.7. The van der Waals surface area contributed by atoms with Gasteiger partial charge in [-0.2, -0.15) is 4.98 Å². The quantitative estimate of drug-likeness (QED) is 0.653. The lowest BCUT2D eigenvalue weighted by atomic mass is 10.0. The Kier molecular flexibility index (Phi) is 5.45. The van der Waals surface area contributed by atoms with Gasteiger partial charge in [-0.25, -0.2) is 0 Å². The number of benzene rings is 1. The SMILES string of the molecule is COC1(C#Cc2cccc(Cl)c2)CCN(c2ccc(-c3nc(CO)no3)nn2)C1. The molecule has 29 heavy (non-hydrogen) atoms. The molecule has 4 rings (SSSR count). The van der Waals surface area contributed by atoms with Gasteiger partial charge < -0.3 is 19.3 Å². The van der Waals surface area contributed by atoms with Gasteiger partial charge in [-0.05, 0) is 30.3 Å². The number of nitrogens with zero attached hydrogens (tertiary/aromatic N) is 5. The van der Waals surface area contributed by atoms with Crippen LogP contribution in [0.2, 0.25) is 5.02 Å². The zero-order valence-corrected chi connectivity index (χ0v) is 16.4. The van der Waals surface area contributed by atoms with Crippen LogP contribution in [0.4, 0.5) is 5.82 Å². The molecule has 9 heteroatoms. The number of rotatable bonds is 4. The van der Waals surface area contributed by atoms with Gasteiger partial charge in [-0.15, -0.1) is 10.2 Å². The summed E-state index contributed by atoms with van der Waals surface area (Å²) in [5.41, 5.74) is 0.697. The Morgan fingerprint density at radius 3 is 2.90 bits per heavy atom. The van der Waals surface area contributed by atoms with Gasteiger partial charge in [0.05, 0.1) is 6.54 Å². The molecule has 3 heterocycles. The van der Waals surface area contributed by atoms with Crippen LogP contribution in [0.3, 0.4) is 0 Å². The summed E-state index contributed by atoms with van der Waals surface area (Å²) in [6, 6.07) is 11.0. The van der Waals surface area contributed by atoms with E-state index in [0.29, 0.717) is 23.1 Å². The van der Waals surface area contributed by atoms with E-state index in [9.17, 15) is 0 Å². The number of ether oxygens (including phenoxy) is 1. The van der Waals surface area contributed by atoms with Gasteiger partial charge in [-0.1, -0.05) is 34.7 Å². The number of hydrogen-bond acceptors (Lipinski definition) is 8. The third-order valence-corrected chi connectivity index (χ3v) is 4.92. The number of aromatic nitrogens is 4. The largest absolute Gasteiger partial charge is 0.388 e. The molecule has 1 N–H and O–H groups in total. The molecular formula is C20H18ClN5O3. The molecule has 1 aromatic carbocycles. The van der Waals surface area contributed by atoms with Crippen molar-refractivity contribution in [3.8, 4) is 23.4 Å². The summed E-state index contributed by atoms with van der Waals surface area (Å²) < 4.78 is 10.8. The van der Waals surface area contributed by atoms with Crippen LogP contribution in [0.25, 0.3) is 11.6 Å². The number of methoxy groups -OCH3 is 1. The Balaban J connectivity index is 1.49. The fourth-order valence-corrected chi connectivity index (χ4v) is 3.27. The maximum Gasteiger partial charge on any atom is 0.278 e. The van der Waals surface area contributed by atoms with E-state index >= 15 is 0 Å². The van der Waals surface area contributed by atoms with Crippen molar-refractivity contribution in [1.29, 1.82) is 0 Å². The summed E-state index contributed by atoms with van der Waals surface area (Å²) in [6.45, 7) is 1.01. The molecule has 1 unspecified atom stereocenters. The second-order valence-electron chi connectivity index (χ2n) is 6.58. The van der Waals surface area contributed by atoms with Gasteiger partial charge in [0, 0.05) is 30.7 Å². The monoisotopic (exact) mass is 411 g/mol. The fourth-order valence-electron chi connectivity index (χ4n) is 3.08. The Morgan fingerprint density at radius 2 is 2.21 bits per heavy atom. The average Bonchev–Trinajstić information content (AvgIpc) is 3.41. The maximum atomic E-state index is 9.03. The lowest BCUT2D eigenvalue weighted by Crippen LogP contribution is -2.34. The van der Waals surface area contributed by atoms with Crippen molar-refractivity contribution in [1.82, 2.24) is 20.3 Å². The molecule has 0 spiro atoms. The molecule has 0 bridgehead atoms. The number of aliphatic hydroxyl groups excluding tert-OH is 1. The van der Waals surface area contributed by atoms with Crippen molar-refractivity contribution in [2.75, 3.05) is 25.1 Å². The van der Waals surface area contributed by atoms with E-state index in [0.717, 1.165) is 18.5 Å². The second-order valence-corrected chi connectivity index (χ2v) is 7.02. The van der Waals surface area contributed by atoms with Gasteiger partial charge in [-0.3, -0.25) is 0 Å². The van der Waals surface area contributed by atoms with Crippen LogP contribution in [0, 0.1) is 11.8 Å². The zero-order valence-electron chi connectivity index (χ0n) is 15.7. The van der Waals surface area contributed by atoms with Gasteiger partial charge in [0.25, 0.3) is 5.89 Å². The first-order valence-electron chi connectivity index (χ1n) is 8.97. The highest BCUT2D eigenvalue weighted by molar-refractivity contribution is 6.30. The molecular weight excluding hydrogens is 394 g/mol. The topological polar surface area (TPSA) is 97.4 Å². The molecule has 0 radical (unpaired) electrons. The lowest BCUT2D eigenvalue weighted by Gasteiger charge is -2.22. The Hall–Kier alpha value is -2.99. The number of hydrogen-bond donors (Lipinski definition) is 1. The summed E-state index contributed by atoms with van der Waals surface area (Å²) in [6.07, 6.45) is 0.740. The van der Waals surface area contributed by atoms with Crippen molar-refractivity contribution in [2.24, 2.45) is 0 Å². The minimum absolute atomic E-state index is 0.202. The average molecular weight is 412 g/mol. The van der Waals surface area contributed by atoms with E-state index in [2.05, 4.69) is 37.1 Å². The van der Waals surface area contributed by atoms with E-state index in [-0.39, 0.29) is 18.3 Å². The van der Waals surface area contributed by atoms with Crippen LogP contribution in [0.5, 0.6) is 0 Å². The summed E-state index contributed by atoms with van der Waals surface area (Å²) in [7, 11) is 1.67. The minimum Gasteiger partial charge on any atom is -0.388 e. The Labute approximate surface area is 172 Å². The molecule has 1 fully saturated rings. The Morgan fingerprint density at radius 1 is 1.31 bits per heavy atom. The number of anilines is 1. The van der Waals surface area contributed by atoms with Gasteiger partial charge in [0.15, 0.2) is 17.3 Å². The molecule has 0 aliphatic carbocycles. The van der Waals surface area contributed by atoms with E-state index < -0.39 is 5.60 Å². The lowest BCUT2D eigenvalue weighted by molar-refractivity contribution is 0.0602. The van der Waals surface area contributed by atoms with Crippen LogP contribution >= 0.6 is 11.6 Å². The number of aliphatic hydroxyl groups is 1. The molecule has 1 aliphatic rings. The fraction of sp³-hybridized carbons (Fsp3) is 0.300. The third-order valence-electron chi connectivity index (χ3n) is 4.68. The molecule has 3 aromatic rings. The first-order chi connectivity index (χ1) is 14.1. The van der Waals surface area contributed by atoms with Crippen LogP contribution in [-0.2, 0) is 11.3 Å². The van der Waals surface area contributed by atoms with E-state index in [1.54, 1.807) is 13.2 Å². The molecule has 0 saturated carbocycles. The molecule has 2 aromatic heterocycles. The predicted octanol–water partition coefficient (Wildman–Crippen LogP) is 2.32. The normalized spacial score (nSPS) is 18.5. The van der Waals surface area contributed by atoms with Crippen molar-refractivity contribution in [3.63, 3.8) is 0 Å². The standard InChI is InChI=1S/C20H18ClN5O3/c1-28-20(8-7-14-3-2-4-15(21)11-14)9-10-26(13-20)18-6-5-16(23-24-18)19-22-17(12-27)25-29-19/h2-6,11,27H,9-10,12-13H2,1H3. The van der Waals surface area contributed by atoms with Crippen LogP contribution in [0.15, 0.2) is 40.9 Å². The molecule has 1 saturated heterocycles. The van der Waals surface area contributed by atoms with Crippen molar-refractivity contribution in [2.45, 2.75) is 18.6 Å². The molecule has 148 valence electrons. The van der Waals surface area contributed by atoms with E-state index in [4.69, 9.17) is 26.0 Å². The molecule has 0 amide bonds. The van der Waals surface area contributed by atoms with Crippen LogP contribution < -0.4 is 4.90 Å². The number of halogens is 1. The van der Waals surface area contributed by atoms with Gasteiger partial charge in [0.2, 0.25) is 0 Å². The minimum atomic E-state index is -0.592. The van der Waals surface area contributed by atoms with Gasteiger partial charge >= 0.3 is 0 Å². The highest BCUT2D eigenvalue weighted by Crippen LogP contribution is 2.28. The maximum absolute atomic E-state index is 9.03. The van der Waals surface area contributed by atoms with E-state index in [1.807, 2.05) is 30.3 Å². The highest BCUT2D eigenvalue weighted by atomic mass is 35.5. The second kappa shape index (κ2) is 8.17. The third kappa shape index (κ3) is 4.22. The Bertz CT molecular complexity index is 1060. The summed E-state index contributed by atoms with van der Waals surface area (Å²) >= 11 is 6.03. The zero-order chi connectivity index (χ0) is 20.3. The van der Waals surface area contributed by atoms with Crippen LogP contribution in [0.1, 0.15) is 17.8 Å². The first kappa shape index (κ1) is 19.3. The van der Waals surface area contributed by atoms with Gasteiger partial charge in [0.1, 0.15) is 12.2 Å². The smallest absolute Gasteiger partial charge is 0.278 e. The van der Waals surface area contributed by atoms with Crippen molar-refractivity contribution >= 4 is 17.4 Å². The predicted molar refractivity (Wildman–Crippen MR) is 106 cm³/mol. The highest BCUT2D eigenvalue weighted by Gasteiger charge is 2.37. The summed E-state index contributed by atoms with van der Waals surface area (Å²) in [5.74, 6) is 7.54. The van der Waals surface area contributed by atoms with Crippen LogP contribution in [-0.4, -0.2) is 51.2 Å².